The molecule has 0 saturated heterocycles. The molecule has 0 saturated carbocycles. The summed E-state index contributed by atoms with van der Waals surface area (Å²) in [6, 6.07) is 3.51. The minimum Gasteiger partial charge on any atom is -0.461 e. The Hall–Kier alpha value is -1.53. The van der Waals surface area contributed by atoms with Crippen molar-refractivity contribution in [3.8, 4) is 11.6 Å². The first-order valence-corrected chi connectivity index (χ1v) is 6.03. The van der Waals surface area contributed by atoms with Crippen LogP contribution in [0.1, 0.15) is 0 Å². The molecule has 0 aliphatic rings. The van der Waals surface area contributed by atoms with Gasteiger partial charge in [0.05, 0.1) is 6.26 Å². The number of anilines is 1. The highest BCUT2D eigenvalue weighted by molar-refractivity contribution is 7.99. The second-order valence-corrected chi connectivity index (χ2v) is 4.56. The van der Waals surface area contributed by atoms with Gasteiger partial charge in [-0.25, -0.2) is 0 Å². The maximum Gasteiger partial charge on any atom is 0.224 e. The Morgan fingerprint density at radius 1 is 1.47 bits per heavy atom. The van der Waals surface area contributed by atoms with E-state index in [1.165, 1.54) is 11.8 Å². The highest BCUT2D eigenvalue weighted by Gasteiger charge is 2.09. The van der Waals surface area contributed by atoms with Crippen molar-refractivity contribution in [2.24, 2.45) is 0 Å². The molecule has 7 heteroatoms. The molecule has 0 aromatic carbocycles. The first-order chi connectivity index (χ1) is 8.15. The number of hydrogen-bond donors (Lipinski definition) is 1. The number of nitrogens with zero attached hydrogens (tertiary/aromatic N) is 3. The van der Waals surface area contributed by atoms with Gasteiger partial charge < -0.3 is 10.2 Å². The molecule has 2 aromatic rings. The minimum atomic E-state index is 0.147. The van der Waals surface area contributed by atoms with E-state index in [1.54, 1.807) is 18.4 Å². The number of thioether (sulfide) groups is 1. The van der Waals surface area contributed by atoms with Gasteiger partial charge in [0.15, 0.2) is 10.9 Å². The molecule has 17 heavy (non-hydrogen) atoms. The van der Waals surface area contributed by atoms with E-state index in [1.807, 2.05) is 0 Å². The smallest absolute Gasteiger partial charge is 0.224 e. The summed E-state index contributed by atoms with van der Waals surface area (Å²) in [7, 11) is 0. The third-order valence-corrected chi connectivity index (χ3v) is 2.96. The molecular weight excluding hydrogens is 260 g/mol. The first-order valence-electron chi connectivity index (χ1n) is 4.66. The molecule has 2 heterocycles. The Labute approximate surface area is 107 Å². The average molecular weight is 269 g/mol. The molecule has 0 unspecified atom stereocenters. The van der Waals surface area contributed by atoms with E-state index >= 15 is 0 Å². The number of nitrogens with two attached hydrogens (primary N) is 1. The molecule has 2 rings (SSSR count). The van der Waals surface area contributed by atoms with Crippen LogP contribution in [0.2, 0.25) is 0 Å². The maximum atomic E-state index is 5.67. The number of halogens is 1. The zero-order valence-electron chi connectivity index (χ0n) is 8.76. The fourth-order valence-electron chi connectivity index (χ4n) is 1.10. The predicted molar refractivity (Wildman–Crippen MR) is 67.7 cm³/mol. The van der Waals surface area contributed by atoms with Gasteiger partial charge in [0.2, 0.25) is 11.8 Å². The lowest BCUT2D eigenvalue weighted by Gasteiger charge is -2.02. The summed E-state index contributed by atoms with van der Waals surface area (Å²) in [5.41, 5.74) is 5.60. The van der Waals surface area contributed by atoms with Crippen LogP contribution in [0, 0.1) is 0 Å². The quantitative estimate of drug-likeness (QED) is 0.859. The largest absolute Gasteiger partial charge is 0.461 e. The Morgan fingerprint density at radius 3 is 2.94 bits per heavy atom. The van der Waals surface area contributed by atoms with Crippen LogP contribution < -0.4 is 5.73 Å². The lowest BCUT2D eigenvalue weighted by molar-refractivity contribution is 0.575. The number of rotatable bonds is 4. The minimum absolute atomic E-state index is 0.147. The van der Waals surface area contributed by atoms with Crippen LogP contribution in [0.5, 0.6) is 0 Å². The van der Waals surface area contributed by atoms with E-state index in [2.05, 4.69) is 21.5 Å². The molecular formula is C10H9ClN4OS. The Balaban J connectivity index is 2.26. The lowest BCUT2D eigenvalue weighted by Crippen LogP contribution is -2.01. The molecule has 0 fully saturated rings. The Kier molecular flexibility index (Phi) is 3.65. The lowest BCUT2D eigenvalue weighted by atomic mass is 10.4. The SMILES string of the molecule is C=C(Cl)CSc1nc(N)nc(-c2ccco2)n1. The molecule has 5 nitrogen and oxygen atoms in total. The summed E-state index contributed by atoms with van der Waals surface area (Å²) in [6.07, 6.45) is 1.54. The van der Waals surface area contributed by atoms with Gasteiger partial charge >= 0.3 is 0 Å². The fourth-order valence-corrected chi connectivity index (χ4v) is 1.85. The Bertz CT molecular complexity index is 529. The van der Waals surface area contributed by atoms with Gasteiger partial charge in [-0.05, 0) is 12.1 Å². The van der Waals surface area contributed by atoms with Crippen molar-refractivity contribution in [1.82, 2.24) is 15.0 Å². The third kappa shape index (κ3) is 3.21. The zero-order chi connectivity index (χ0) is 12.3. The summed E-state index contributed by atoms with van der Waals surface area (Å²) in [6.45, 7) is 3.59. The van der Waals surface area contributed by atoms with Crippen molar-refractivity contribution in [3.63, 3.8) is 0 Å². The molecule has 88 valence electrons. The summed E-state index contributed by atoms with van der Waals surface area (Å²) in [5, 5.41) is 1.01. The molecule has 0 bridgehead atoms. The summed E-state index contributed by atoms with van der Waals surface area (Å²) >= 11 is 7.01. The summed E-state index contributed by atoms with van der Waals surface area (Å²) in [4.78, 5) is 12.2. The second kappa shape index (κ2) is 5.20. The number of furan rings is 1. The molecule has 0 atom stereocenters. The number of hydrogen-bond acceptors (Lipinski definition) is 6. The molecule has 2 N–H and O–H groups in total. The van der Waals surface area contributed by atoms with Crippen LogP contribution in [0.25, 0.3) is 11.6 Å². The van der Waals surface area contributed by atoms with Crippen LogP contribution >= 0.6 is 23.4 Å². The van der Waals surface area contributed by atoms with E-state index in [0.29, 0.717) is 27.5 Å². The van der Waals surface area contributed by atoms with Crippen LogP contribution in [-0.2, 0) is 0 Å². The van der Waals surface area contributed by atoms with E-state index in [4.69, 9.17) is 21.8 Å². The normalized spacial score (nSPS) is 10.4. The van der Waals surface area contributed by atoms with Gasteiger partial charge in [-0.15, -0.1) is 0 Å². The maximum absolute atomic E-state index is 5.67. The van der Waals surface area contributed by atoms with Crippen molar-refractivity contribution in [1.29, 1.82) is 0 Å². The van der Waals surface area contributed by atoms with Crippen molar-refractivity contribution in [3.05, 3.63) is 30.0 Å². The third-order valence-electron chi connectivity index (χ3n) is 1.73. The highest BCUT2D eigenvalue weighted by Crippen LogP contribution is 2.22. The monoisotopic (exact) mass is 268 g/mol. The van der Waals surface area contributed by atoms with Crippen molar-refractivity contribution in [2.75, 3.05) is 11.5 Å². The molecule has 0 radical (unpaired) electrons. The van der Waals surface area contributed by atoms with E-state index in [0.717, 1.165) is 0 Å². The van der Waals surface area contributed by atoms with Crippen LogP contribution in [0.4, 0.5) is 5.95 Å². The second-order valence-electron chi connectivity index (χ2n) is 3.08. The van der Waals surface area contributed by atoms with E-state index < -0.39 is 0 Å². The van der Waals surface area contributed by atoms with Gasteiger partial charge in [-0.1, -0.05) is 29.9 Å². The highest BCUT2D eigenvalue weighted by atomic mass is 35.5. The van der Waals surface area contributed by atoms with Gasteiger partial charge in [0.25, 0.3) is 0 Å². The molecule has 0 aliphatic heterocycles. The average Bonchev–Trinajstić information content (AvgIpc) is 2.79. The standard InChI is InChI=1S/C10H9ClN4OS/c1-6(11)5-17-10-14-8(13-9(12)15-10)7-3-2-4-16-7/h2-4H,1,5H2,(H2,12,13,14,15). The van der Waals surface area contributed by atoms with Gasteiger partial charge in [0.1, 0.15) is 0 Å². The number of aromatic nitrogens is 3. The summed E-state index contributed by atoms with van der Waals surface area (Å²) in [5.74, 6) is 1.62. The molecule has 2 aromatic heterocycles. The fraction of sp³-hybridized carbons (Fsp3) is 0.100. The zero-order valence-corrected chi connectivity index (χ0v) is 10.3. The molecule has 0 amide bonds. The Morgan fingerprint density at radius 2 is 2.29 bits per heavy atom. The van der Waals surface area contributed by atoms with Crippen molar-refractivity contribution >= 4 is 29.3 Å². The number of nitrogen functional groups attached to an aromatic ring is 1. The van der Waals surface area contributed by atoms with E-state index in [-0.39, 0.29) is 5.95 Å². The summed E-state index contributed by atoms with van der Waals surface area (Å²) < 4.78 is 5.19. The van der Waals surface area contributed by atoms with Crippen LogP contribution in [0.15, 0.2) is 39.6 Å². The molecule has 0 spiro atoms. The van der Waals surface area contributed by atoms with Crippen LogP contribution in [0.3, 0.4) is 0 Å². The first kappa shape index (κ1) is 11.9. The van der Waals surface area contributed by atoms with Crippen LogP contribution in [-0.4, -0.2) is 20.7 Å². The van der Waals surface area contributed by atoms with Gasteiger partial charge in [-0.2, -0.15) is 15.0 Å². The topological polar surface area (TPSA) is 77.8 Å². The van der Waals surface area contributed by atoms with Crippen molar-refractivity contribution in [2.45, 2.75) is 5.16 Å². The van der Waals surface area contributed by atoms with E-state index in [9.17, 15) is 0 Å². The van der Waals surface area contributed by atoms with Gasteiger partial charge in [-0.3, -0.25) is 0 Å². The van der Waals surface area contributed by atoms with Gasteiger partial charge in [0, 0.05) is 10.8 Å². The molecule has 0 aliphatic carbocycles. The predicted octanol–water partition coefficient (Wildman–Crippen LogP) is 2.56. The van der Waals surface area contributed by atoms with Crippen molar-refractivity contribution < 1.29 is 4.42 Å².